The molecular weight excluding hydrogens is 284 g/mol. The highest BCUT2D eigenvalue weighted by Gasteiger charge is 2.23. The molecule has 0 heterocycles. The van der Waals surface area contributed by atoms with E-state index >= 15 is 0 Å². The van der Waals surface area contributed by atoms with E-state index in [0.29, 0.717) is 18.7 Å². The number of likely N-dealkylation sites (N-methyl/N-ethyl adjacent to an activating group) is 1. The number of nitrogens with zero attached hydrogens (tertiary/aromatic N) is 1. The summed E-state index contributed by atoms with van der Waals surface area (Å²) in [6, 6.07) is -1.53. The van der Waals surface area contributed by atoms with Crippen LogP contribution in [-0.4, -0.2) is 65.7 Å². The normalized spacial score (nSPS) is 11.6. The van der Waals surface area contributed by atoms with Crippen molar-refractivity contribution in [3.05, 3.63) is 0 Å². The van der Waals surface area contributed by atoms with Crippen molar-refractivity contribution in [1.82, 2.24) is 10.2 Å². The summed E-state index contributed by atoms with van der Waals surface area (Å²) in [5.74, 6) is -0.971. The van der Waals surface area contributed by atoms with Gasteiger partial charge in [0.15, 0.2) is 0 Å². The number of aliphatic carboxylic acids is 1. The summed E-state index contributed by atoms with van der Waals surface area (Å²) in [4.78, 5) is 35.5. The molecule has 1 unspecified atom stereocenters. The smallest absolute Gasteiger partial charge is 0.326 e. The van der Waals surface area contributed by atoms with Crippen molar-refractivity contribution in [1.29, 1.82) is 0 Å². The molecule has 0 aliphatic heterocycles. The summed E-state index contributed by atoms with van der Waals surface area (Å²) in [5.41, 5.74) is 0. The van der Waals surface area contributed by atoms with E-state index in [1.807, 2.05) is 6.26 Å². The van der Waals surface area contributed by atoms with Crippen LogP contribution in [0, 0.1) is 0 Å². The average Bonchev–Trinajstić information content (AvgIpc) is 2.40. The van der Waals surface area contributed by atoms with Crippen LogP contribution in [0.15, 0.2) is 0 Å². The largest absolute Gasteiger partial charge is 0.480 e. The van der Waals surface area contributed by atoms with E-state index in [1.54, 1.807) is 13.8 Å². The van der Waals surface area contributed by atoms with E-state index in [2.05, 4.69) is 5.32 Å². The van der Waals surface area contributed by atoms with Gasteiger partial charge in [-0.2, -0.15) is 11.8 Å². The first-order chi connectivity index (χ1) is 9.46. The zero-order valence-corrected chi connectivity index (χ0v) is 12.9. The Labute approximate surface area is 123 Å². The second kappa shape index (κ2) is 10.4. The molecule has 1 atom stereocenters. The molecule has 0 radical (unpaired) electrons. The molecule has 0 saturated carbocycles. The van der Waals surface area contributed by atoms with Crippen LogP contribution in [0.5, 0.6) is 0 Å². The number of carbonyl (C=O) groups is 3. The Morgan fingerprint density at radius 3 is 2.45 bits per heavy atom. The van der Waals surface area contributed by atoms with Crippen molar-refractivity contribution < 1.29 is 24.2 Å². The standard InChI is InChI=1S/C12H22N2O5S/c1-4-14(8-10(15)19-5-2)12(18)13-9(11(16)17)6-7-20-3/h9H,4-8H2,1-3H3,(H,13,18)(H,16,17). The van der Waals surface area contributed by atoms with Gasteiger partial charge in [0.05, 0.1) is 6.61 Å². The van der Waals surface area contributed by atoms with Crippen LogP contribution in [0.4, 0.5) is 4.79 Å². The summed E-state index contributed by atoms with van der Waals surface area (Å²) < 4.78 is 4.76. The molecular formula is C12H22N2O5S. The third kappa shape index (κ3) is 7.22. The first-order valence-electron chi connectivity index (χ1n) is 6.39. The summed E-state index contributed by atoms with van der Waals surface area (Å²) >= 11 is 1.50. The molecule has 0 aliphatic carbocycles. The lowest BCUT2D eigenvalue weighted by molar-refractivity contribution is -0.143. The fourth-order valence-electron chi connectivity index (χ4n) is 1.42. The second-order valence-electron chi connectivity index (χ2n) is 3.94. The van der Waals surface area contributed by atoms with Gasteiger partial charge in [0.1, 0.15) is 12.6 Å². The van der Waals surface area contributed by atoms with Crippen LogP contribution in [-0.2, 0) is 14.3 Å². The molecule has 0 fully saturated rings. The van der Waals surface area contributed by atoms with Gasteiger partial charge in [0.25, 0.3) is 0 Å². The van der Waals surface area contributed by atoms with E-state index < -0.39 is 24.0 Å². The SMILES string of the molecule is CCOC(=O)CN(CC)C(=O)NC(CCSC)C(=O)O. The molecule has 0 rings (SSSR count). The Balaban J connectivity index is 4.50. The summed E-state index contributed by atoms with van der Waals surface area (Å²) in [7, 11) is 0. The number of carboxylic acid groups (broad SMARTS) is 1. The number of nitrogens with one attached hydrogen (secondary N) is 1. The minimum atomic E-state index is -1.08. The topological polar surface area (TPSA) is 95.9 Å². The number of urea groups is 1. The monoisotopic (exact) mass is 306 g/mol. The number of thioether (sulfide) groups is 1. The average molecular weight is 306 g/mol. The van der Waals surface area contributed by atoms with Crippen LogP contribution in [0.3, 0.4) is 0 Å². The fraction of sp³-hybridized carbons (Fsp3) is 0.750. The predicted octanol–water partition coefficient (Wildman–Crippen LogP) is 0.787. The highest BCUT2D eigenvalue weighted by molar-refractivity contribution is 7.98. The quantitative estimate of drug-likeness (QED) is 0.611. The number of carbonyl (C=O) groups excluding carboxylic acids is 2. The molecule has 116 valence electrons. The molecule has 0 aromatic heterocycles. The van der Waals surface area contributed by atoms with Gasteiger partial charge in [-0.15, -0.1) is 0 Å². The molecule has 0 aromatic carbocycles. The molecule has 0 spiro atoms. The maximum atomic E-state index is 11.9. The summed E-state index contributed by atoms with van der Waals surface area (Å²) in [5, 5.41) is 11.5. The maximum Gasteiger partial charge on any atom is 0.326 e. The minimum absolute atomic E-state index is 0.189. The van der Waals surface area contributed by atoms with Crippen LogP contribution in [0.2, 0.25) is 0 Å². The summed E-state index contributed by atoms with van der Waals surface area (Å²) in [6.07, 6.45) is 2.19. The number of esters is 1. The highest BCUT2D eigenvalue weighted by Crippen LogP contribution is 2.02. The zero-order chi connectivity index (χ0) is 15.5. The van der Waals surface area contributed by atoms with Gasteiger partial charge in [-0.05, 0) is 32.3 Å². The molecule has 7 nitrogen and oxygen atoms in total. The van der Waals surface area contributed by atoms with Crippen molar-refractivity contribution >= 4 is 29.7 Å². The number of carboxylic acids is 1. The van der Waals surface area contributed by atoms with Crippen LogP contribution in [0.25, 0.3) is 0 Å². The minimum Gasteiger partial charge on any atom is -0.480 e. The van der Waals surface area contributed by atoms with Gasteiger partial charge in [-0.3, -0.25) is 4.79 Å². The van der Waals surface area contributed by atoms with Crippen LogP contribution in [0.1, 0.15) is 20.3 Å². The number of rotatable bonds is 9. The van der Waals surface area contributed by atoms with Crippen LogP contribution < -0.4 is 5.32 Å². The van der Waals surface area contributed by atoms with Crippen molar-refractivity contribution in [2.75, 3.05) is 31.7 Å². The molecule has 2 N–H and O–H groups in total. The molecule has 8 heteroatoms. The Morgan fingerprint density at radius 1 is 1.35 bits per heavy atom. The van der Waals surface area contributed by atoms with Crippen molar-refractivity contribution in [2.24, 2.45) is 0 Å². The Bertz CT molecular complexity index is 338. The number of ether oxygens (including phenoxy) is 1. The number of amides is 2. The molecule has 0 aliphatic rings. The van der Waals surface area contributed by atoms with Crippen molar-refractivity contribution in [3.63, 3.8) is 0 Å². The van der Waals surface area contributed by atoms with Crippen molar-refractivity contribution in [3.8, 4) is 0 Å². The molecule has 2 amide bonds. The fourth-order valence-corrected chi connectivity index (χ4v) is 1.89. The van der Waals surface area contributed by atoms with E-state index in [0.717, 1.165) is 0 Å². The Hall–Kier alpha value is -1.44. The van der Waals surface area contributed by atoms with Gasteiger partial charge in [0, 0.05) is 6.54 Å². The molecule has 0 bridgehead atoms. The van der Waals surface area contributed by atoms with Crippen LogP contribution >= 0.6 is 11.8 Å². The first kappa shape index (κ1) is 18.6. The zero-order valence-electron chi connectivity index (χ0n) is 12.0. The van der Waals surface area contributed by atoms with E-state index in [4.69, 9.17) is 9.84 Å². The molecule has 20 heavy (non-hydrogen) atoms. The Morgan fingerprint density at radius 2 is 2.00 bits per heavy atom. The lowest BCUT2D eigenvalue weighted by Gasteiger charge is -2.23. The lowest BCUT2D eigenvalue weighted by Crippen LogP contribution is -2.49. The van der Waals surface area contributed by atoms with E-state index in [-0.39, 0.29) is 13.2 Å². The first-order valence-corrected chi connectivity index (χ1v) is 7.78. The molecule has 0 aromatic rings. The van der Waals surface area contributed by atoms with E-state index in [1.165, 1.54) is 16.7 Å². The van der Waals surface area contributed by atoms with Crippen molar-refractivity contribution in [2.45, 2.75) is 26.3 Å². The van der Waals surface area contributed by atoms with Gasteiger partial charge in [-0.25, -0.2) is 9.59 Å². The third-order valence-electron chi connectivity index (χ3n) is 2.50. The van der Waals surface area contributed by atoms with Gasteiger partial charge >= 0.3 is 18.0 Å². The van der Waals surface area contributed by atoms with Gasteiger partial charge in [-0.1, -0.05) is 0 Å². The predicted molar refractivity (Wildman–Crippen MR) is 76.8 cm³/mol. The molecule has 0 saturated heterocycles. The maximum absolute atomic E-state index is 11.9. The highest BCUT2D eigenvalue weighted by atomic mass is 32.2. The summed E-state index contributed by atoms with van der Waals surface area (Å²) in [6.45, 7) is 3.72. The Kier molecular flexibility index (Phi) is 9.61. The van der Waals surface area contributed by atoms with Gasteiger partial charge in [0.2, 0.25) is 0 Å². The number of hydrogen-bond donors (Lipinski definition) is 2. The third-order valence-corrected chi connectivity index (χ3v) is 3.14. The van der Waals surface area contributed by atoms with Gasteiger partial charge < -0.3 is 20.1 Å². The lowest BCUT2D eigenvalue weighted by atomic mass is 10.2. The van der Waals surface area contributed by atoms with E-state index in [9.17, 15) is 14.4 Å². The number of hydrogen-bond acceptors (Lipinski definition) is 5. The second-order valence-corrected chi connectivity index (χ2v) is 4.93.